The lowest BCUT2D eigenvalue weighted by Crippen LogP contribution is -1.97. The molecule has 1 N–H and O–H groups in total. The van der Waals surface area contributed by atoms with Crippen LogP contribution in [0, 0.1) is 6.92 Å². The average molecular weight is 351 g/mol. The molecule has 0 amide bonds. The Labute approximate surface area is 152 Å². The van der Waals surface area contributed by atoms with E-state index in [4.69, 9.17) is 14.2 Å². The van der Waals surface area contributed by atoms with Crippen molar-refractivity contribution in [2.45, 2.75) is 6.92 Å². The number of nitrogens with zero attached hydrogens (tertiary/aromatic N) is 2. The zero-order valence-electron chi connectivity index (χ0n) is 15.2. The highest BCUT2D eigenvalue weighted by Crippen LogP contribution is 2.27. The second kappa shape index (κ2) is 7.74. The second-order valence-electron chi connectivity index (χ2n) is 5.67. The SMILES string of the molecule is COc1ccc(/C=N\Nc2cc(C)nc3ccc(OC)cc23)c(OC)c1. The molecule has 0 atom stereocenters. The Morgan fingerprint density at radius 2 is 1.65 bits per heavy atom. The Hall–Kier alpha value is -3.28. The van der Waals surface area contributed by atoms with Gasteiger partial charge >= 0.3 is 0 Å². The number of hydrogen-bond donors (Lipinski definition) is 1. The van der Waals surface area contributed by atoms with E-state index in [9.17, 15) is 0 Å². The number of aryl methyl sites for hydroxylation is 1. The fourth-order valence-electron chi connectivity index (χ4n) is 2.65. The zero-order valence-corrected chi connectivity index (χ0v) is 15.2. The molecule has 0 saturated carbocycles. The Kier molecular flexibility index (Phi) is 5.22. The van der Waals surface area contributed by atoms with E-state index in [1.807, 2.05) is 49.4 Å². The Balaban J connectivity index is 1.91. The van der Waals surface area contributed by atoms with Crippen LogP contribution in [-0.2, 0) is 0 Å². The summed E-state index contributed by atoms with van der Waals surface area (Å²) < 4.78 is 15.9. The van der Waals surface area contributed by atoms with Crippen molar-refractivity contribution in [3.05, 3.63) is 53.7 Å². The smallest absolute Gasteiger partial charge is 0.131 e. The van der Waals surface area contributed by atoms with Crippen molar-refractivity contribution in [1.82, 2.24) is 4.98 Å². The van der Waals surface area contributed by atoms with Crippen LogP contribution in [0.1, 0.15) is 11.3 Å². The number of nitrogens with one attached hydrogen (secondary N) is 1. The molecule has 0 unspecified atom stereocenters. The van der Waals surface area contributed by atoms with Gasteiger partial charge < -0.3 is 14.2 Å². The largest absolute Gasteiger partial charge is 0.497 e. The maximum Gasteiger partial charge on any atom is 0.131 e. The predicted octanol–water partition coefficient (Wildman–Crippen LogP) is 4.02. The highest BCUT2D eigenvalue weighted by molar-refractivity contribution is 5.93. The molecule has 6 heteroatoms. The van der Waals surface area contributed by atoms with Gasteiger partial charge in [0, 0.05) is 22.7 Å². The van der Waals surface area contributed by atoms with Gasteiger partial charge in [0.1, 0.15) is 17.2 Å². The number of hydrogen-bond acceptors (Lipinski definition) is 6. The summed E-state index contributed by atoms with van der Waals surface area (Å²) in [4.78, 5) is 4.54. The van der Waals surface area contributed by atoms with Gasteiger partial charge in [-0.2, -0.15) is 5.10 Å². The summed E-state index contributed by atoms with van der Waals surface area (Å²) in [6.07, 6.45) is 1.71. The molecule has 0 aliphatic rings. The molecule has 0 spiro atoms. The fraction of sp³-hybridized carbons (Fsp3) is 0.200. The first-order valence-electron chi connectivity index (χ1n) is 8.11. The minimum absolute atomic E-state index is 0.687. The molecule has 0 aliphatic heterocycles. The Morgan fingerprint density at radius 3 is 2.38 bits per heavy atom. The molecular weight excluding hydrogens is 330 g/mol. The topological polar surface area (TPSA) is 65.0 Å². The second-order valence-corrected chi connectivity index (χ2v) is 5.67. The van der Waals surface area contributed by atoms with Crippen LogP contribution in [0.5, 0.6) is 17.2 Å². The first-order chi connectivity index (χ1) is 12.6. The molecule has 26 heavy (non-hydrogen) atoms. The van der Waals surface area contributed by atoms with E-state index in [0.717, 1.165) is 39.3 Å². The predicted molar refractivity (Wildman–Crippen MR) is 104 cm³/mol. The zero-order chi connectivity index (χ0) is 18.5. The van der Waals surface area contributed by atoms with Crippen LogP contribution >= 0.6 is 0 Å². The van der Waals surface area contributed by atoms with Crippen molar-refractivity contribution in [1.29, 1.82) is 0 Å². The number of anilines is 1. The Morgan fingerprint density at radius 1 is 0.923 bits per heavy atom. The maximum absolute atomic E-state index is 5.38. The molecular formula is C20H21N3O3. The summed E-state index contributed by atoms with van der Waals surface area (Å²) in [6, 6.07) is 13.3. The summed E-state index contributed by atoms with van der Waals surface area (Å²) in [7, 11) is 4.88. The molecule has 1 heterocycles. The quantitative estimate of drug-likeness (QED) is 0.537. The summed E-state index contributed by atoms with van der Waals surface area (Å²) in [5.74, 6) is 2.19. The molecule has 0 bridgehead atoms. The van der Waals surface area contributed by atoms with E-state index in [2.05, 4.69) is 15.5 Å². The minimum atomic E-state index is 0.687. The average Bonchev–Trinajstić information content (AvgIpc) is 2.67. The van der Waals surface area contributed by atoms with Crippen molar-refractivity contribution < 1.29 is 14.2 Å². The van der Waals surface area contributed by atoms with E-state index < -0.39 is 0 Å². The number of rotatable bonds is 6. The van der Waals surface area contributed by atoms with Crippen LogP contribution in [-0.4, -0.2) is 32.5 Å². The van der Waals surface area contributed by atoms with Crippen LogP contribution in [0.3, 0.4) is 0 Å². The Bertz CT molecular complexity index is 954. The summed E-state index contributed by atoms with van der Waals surface area (Å²) in [6.45, 7) is 1.95. The van der Waals surface area contributed by atoms with Gasteiger partial charge in [-0.3, -0.25) is 10.4 Å². The van der Waals surface area contributed by atoms with Gasteiger partial charge in [0.15, 0.2) is 0 Å². The highest BCUT2D eigenvalue weighted by Gasteiger charge is 2.06. The molecule has 0 fully saturated rings. The van der Waals surface area contributed by atoms with Gasteiger partial charge in [-0.05, 0) is 43.3 Å². The van der Waals surface area contributed by atoms with Crippen molar-refractivity contribution in [2.75, 3.05) is 26.8 Å². The minimum Gasteiger partial charge on any atom is -0.497 e. The van der Waals surface area contributed by atoms with Crippen LogP contribution < -0.4 is 19.6 Å². The van der Waals surface area contributed by atoms with Crippen molar-refractivity contribution >= 4 is 22.8 Å². The van der Waals surface area contributed by atoms with Gasteiger partial charge in [-0.15, -0.1) is 0 Å². The number of hydrazone groups is 1. The van der Waals surface area contributed by atoms with Gasteiger partial charge in [-0.1, -0.05) is 0 Å². The van der Waals surface area contributed by atoms with Crippen LogP contribution in [0.4, 0.5) is 5.69 Å². The van der Waals surface area contributed by atoms with E-state index in [-0.39, 0.29) is 0 Å². The third-order valence-electron chi connectivity index (χ3n) is 3.97. The van der Waals surface area contributed by atoms with Crippen LogP contribution in [0.15, 0.2) is 47.6 Å². The van der Waals surface area contributed by atoms with Gasteiger partial charge in [0.25, 0.3) is 0 Å². The molecule has 1 aromatic heterocycles. The first kappa shape index (κ1) is 17.5. The monoisotopic (exact) mass is 351 g/mol. The summed E-state index contributed by atoms with van der Waals surface area (Å²) >= 11 is 0. The first-order valence-corrected chi connectivity index (χ1v) is 8.11. The molecule has 0 radical (unpaired) electrons. The molecule has 2 aromatic carbocycles. The molecule has 6 nitrogen and oxygen atoms in total. The molecule has 3 rings (SSSR count). The summed E-state index contributed by atoms with van der Waals surface area (Å²) in [5.41, 5.74) is 6.58. The number of pyridine rings is 1. The summed E-state index contributed by atoms with van der Waals surface area (Å²) in [5, 5.41) is 5.30. The van der Waals surface area contributed by atoms with Crippen molar-refractivity contribution in [2.24, 2.45) is 5.10 Å². The van der Waals surface area contributed by atoms with Gasteiger partial charge in [-0.25, -0.2) is 0 Å². The molecule has 3 aromatic rings. The van der Waals surface area contributed by atoms with Crippen molar-refractivity contribution in [3.63, 3.8) is 0 Å². The van der Waals surface area contributed by atoms with E-state index in [1.165, 1.54) is 0 Å². The molecule has 0 saturated heterocycles. The lowest BCUT2D eigenvalue weighted by molar-refractivity contribution is 0.394. The highest BCUT2D eigenvalue weighted by atomic mass is 16.5. The van der Waals surface area contributed by atoms with E-state index in [0.29, 0.717) is 5.75 Å². The van der Waals surface area contributed by atoms with Crippen LogP contribution in [0.25, 0.3) is 10.9 Å². The third-order valence-corrected chi connectivity index (χ3v) is 3.97. The lowest BCUT2D eigenvalue weighted by Gasteiger charge is -2.09. The third kappa shape index (κ3) is 3.69. The van der Waals surface area contributed by atoms with E-state index in [1.54, 1.807) is 27.5 Å². The van der Waals surface area contributed by atoms with Gasteiger partial charge in [0.2, 0.25) is 0 Å². The van der Waals surface area contributed by atoms with Gasteiger partial charge in [0.05, 0.1) is 38.7 Å². The number of methoxy groups -OCH3 is 3. The molecule has 134 valence electrons. The van der Waals surface area contributed by atoms with E-state index >= 15 is 0 Å². The number of aromatic nitrogens is 1. The maximum atomic E-state index is 5.38. The van der Waals surface area contributed by atoms with Crippen molar-refractivity contribution in [3.8, 4) is 17.2 Å². The lowest BCUT2D eigenvalue weighted by atomic mass is 10.1. The number of fused-ring (bicyclic) bond motifs is 1. The fourth-order valence-corrected chi connectivity index (χ4v) is 2.65. The number of benzene rings is 2. The number of ether oxygens (including phenoxy) is 3. The molecule has 0 aliphatic carbocycles. The van der Waals surface area contributed by atoms with Crippen LogP contribution in [0.2, 0.25) is 0 Å². The standard InChI is InChI=1S/C20H21N3O3/c1-13-9-19(17-10-15(24-2)7-8-18(17)22-13)23-21-12-14-5-6-16(25-3)11-20(14)26-4/h5-12H,1-4H3,(H,22,23)/b21-12-. The normalized spacial score (nSPS) is 10.9.